The van der Waals surface area contributed by atoms with E-state index in [1.807, 2.05) is 6.21 Å². The topological polar surface area (TPSA) is 74.3 Å². The third-order valence-corrected chi connectivity index (χ3v) is 2.76. The predicted molar refractivity (Wildman–Crippen MR) is 59.7 cm³/mol. The maximum atomic E-state index is 6.94. The molecule has 14 heavy (non-hydrogen) atoms. The molecule has 5 heteroatoms. The maximum Gasteiger partial charge on any atom is 0.206 e. The summed E-state index contributed by atoms with van der Waals surface area (Å²) in [6, 6.07) is 0. The van der Waals surface area contributed by atoms with Crippen molar-refractivity contribution in [3.05, 3.63) is 0 Å². The smallest absolute Gasteiger partial charge is 0.206 e. The Kier molecular flexibility index (Phi) is 3.75. The summed E-state index contributed by atoms with van der Waals surface area (Å²) in [5.41, 5.74) is 7.59. The number of guanidine groups is 1. The first kappa shape index (κ1) is 11.3. The minimum Gasteiger partial charge on any atom is -0.369 e. The molecule has 0 radical (unpaired) electrons. The summed E-state index contributed by atoms with van der Waals surface area (Å²) in [6.45, 7) is 0. The van der Waals surface area contributed by atoms with Crippen LogP contribution in [0.25, 0.3) is 0 Å². The van der Waals surface area contributed by atoms with Gasteiger partial charge in [0.2, 0.25) is 5.96 Å². The summed E-state index contributed by atoms with van der Waals surface area (Å²) >= 11 is 0. The van der Waals surface area contributed by atoms with Gasteiger partial charge in [0.25, 0.3) is 0 Å². The van der Waals surface area contributed by atoms with Crippen molar-refractivity contribution < 1.29 is 0 Å². The second-order valence-electron chi connectivity index (χ2n) is 4.06. The van der Waals surface area contributed by atoms with E-state index in [2.05, 4.69) is 10.5 Å². The van der Waals surface area contributed by atoms with E-state index >= 15 is 0 Å². The van der Waals surface area contributed by atoms with Crippen molar-refractivity contribution in [2.45, 2.75) is 25.7 Å². The van der Waals surface area contributed by atoms with Gasteiger partial charge in [0, 0.05) is 12.1 Å². The lowest BCUT2D eigenvalue weighted by Gasteiger charge is -2.07. The van der Waals surface area contributed by atoms with Crippen LogP contribution in [0.4, 0.5) is 0 Å². The monoisotopic (exact) mass is 216 g/mol. The van der Waals surface area contributed by atoms with Gasteiger partial charge in [-0.1, -0.05) is 0 Å². The van der Waals surface area contributed by atoms with Gasteiger partial charge in [0.05, 0.1) is 0 Å². The third kappa shape index (κ3) is 3.18. The second kappa shape index (κ2) is 4.64. The molecule has 0 aromatic heterocycles. The Balaban J connectivity index is 0.000000980. The van der Waals surface area contributed by atoms with Gasteiger partial charge in [-0.05, 0) is 37.5 Å². The molecule has 0 spiro atoms. The molecule has 2 rings (SSSR count). The number of nitrogens with zero attached hydrogens (tertiary/aromatic N) is 1. The number of hydrogen-bond donors (Lipinski definition) is 3. The number of rotatable bonds is 4. The number of halogens is 1. The Bertz CT molecular complexity index is 221. The molecule has 0 aliphatic heterocycles. The van der Waals surface area contributed by atoms with E-state index < -0.39 is 0 Å². The maximum absolute atomic E-state index is 6.94. The number of nitrogens with one attached hydrogen (secondary N) is 2. The minimum atomic E-state index is -0.0819. The Labute approximate surface area is 90.2 Å². The van der Waals surface area contributed by atoms with E-state index in [-0.39, 0.29) is 18.4 Å². The number of hydrazone groups is 1. The van der Waals surface area contributed by atoms with Gasteiger partial charge in [-0.15, -0.1) is 12.4 Å². The summed E-state index contributed by atoms with van der Waals surface area (Å²) < 4.78 is 0. The molecule has 0 bridgehead atoms. The van der Waals surface area contributed by atoms with E-state index in [1.54, 1.807) is 0 Å². The zero-order valence-electron chi connectivity index (χ0n) is 8.07. The molecule has 0 atom stereocenters. The van der Waals surface area contributed by atoms with Gasteiger partial charge < -0.3 is 5.73 Å². The molecule has 80 valence electrons. The Morgan fingerprint density at radius 3 is 2.21 bits per heavy atom. The average Bonchev–Trinajstić information content (AvgIpc) is 2.89. The first-order valence-corrected chi connectivity index (χ1v) is 4.90. The lowest BCUT2D eigenvalue weighted by atomic mass is 10.00. The van der Waals surface area contributed by atoms with Gasteiger partial charge in [0.15, 0.2) is 0 Å². The summed E-state index contributed by atoms with van der Waals surface area (Å²) in [7, 11) is 0. The first-order valence-electron chi connectivity index (χ1n) is 4.90. The van der Waals surface area contributed by atoms with E-state index in [4.69, 9.17) is 11.1 Å². The van der Waals surface area contributed by atoms with Gasteiger partial charge in [0.1, 0.15) is 0 Å². The first-order chi connectivity index (χ1) is 6.27. The van der Waals surface area contributed by atoms with E-state index in [1.165, 1.54) is 25.7 Å². The highest BCUT2D eigenvalue weighted by Crippen LogP contribution is 2.48. The summed E-state index contributed by atoms with van der Waals surface area (Å²) in [4.78, 5) is 0. The van der Waals surface area contributed by atoms with Gasteiger partial charge >= 0.3 is 0 Å². The minimum absolute atomic E-state index is 0. The molecule has 0 aromatic carbocycles. The predicted octanol–water partition coefficient (Wildman–Crippen LogP) is 1.31. The van der Waals surface area contributed by atoms with Gasteiger partial charge in [-0.3, -0.25) is 5.41 Å². The summed E-state index contributed by atoms with van der Waals surface area (Å²) in [5, 5.41) is 10.9. The standard InChI is InChI=1S/C9H16N4.ClH/c10-9(11)13-12-5-8(6-1-2-6)7-3-4-7;/h5-8H,1-4H2,(H4,10,11,13);1H. The zero-order valence-corrected chi connectivity index (χ0v) is 8.89. The molecule has 0 saturated heterocycles. The second-order valence-corrected chi connectivity index (χ2v) is 4.06. The van der Waals surface area contributed by atoms with Crippen LogP contribution < -0.4 is 11.2 Å². The fraction of sp³-hybridized carbons (Fsp3) is 0.778. The highest BCUT2D eigenvalue weighted by atomic mass is 35.5. The van der Waals surface area contributed by atoms with E-state index in [0.29, 0.717) is 5.92 Å². The van der Waals surface area contributed by atoms with Crippen LogP contribution in [0.15, 0.2) is 5.10 Å². The van der Waals surface area contributed by atoms with Crippen LogP contribution in [0, 0.1) is 23.2 Å². The van der Waals surface area contributed by atoms with Crippen LogP contribution in [0.3, 0.4) is 0 Å². The van der Waals surface area contributed by atoms with Crippen molar-refractivity contribution >= 4 is 24.6 Å². The van der Waals surface area contributed by atoms with Crippen LogP contribution in [-0.4, -0.2) is 12.2 Å². The molecular formula is C9H17ClN4. The average molecular weight is 217 g/mol. The molecule has 2 aliphatic carbocycles. The molecule has 2 saturated carbocycles. The molecular weight excluding hydrogens is 200 g/mol. The molecule has 2 aliphatic rings. The quantitative estimate of drug-likeness (QED) is 0.377. The Morgan fingerprint density at radius 2 is 1.86 bits per heavy atom. The molecule has 0 heterocycles. The fourth-order valence-electron chi connectivity index (χ4n) is 1.78. The Morgan fingerprint density at radius 1 is 1.36 bits per heavy atom. The van der Waals surface area contributed by atoms with Crippen LogP contribution in [0.5, 0.6) is 0 Å². The van der Waals surface area contributed by atoms with Crippen molar-refractivity contribution in [1.29, 1.82) is 5.41 Å². The normalized spacial score (nSPS) is 20.9. The number of nitrogens with two attached hydrogens (primary N) is 1. The van der Waals surface area contributed by atoms with Crippen molar-refractivity contribution in [3.63, 3.8) is 0 Å². The lowest BCUT2D eigenvalue weighted by Crippen LogP contribution is -2.26. The highest BCUT2D eigenvalue weighted by Gasteiger charge is 2.40. The summed E-state index contributed by atoms with van der Waals surface area (Å²) in [5.74, 6) is 2.29. The molecule has 4 nitrogen and oxygen atoms in total. The van der Waals surface area contributed by atoms with Crippen LogP contribution >= 0.6 is 12.4 Å². The van der Waals surface area contributed by atoms with Crippen LogP contribution in [0.2, 0.25) is 0 Å². The lowest BCUT2D eigenvalue weighted by molar-refractivity contribution is 0.542. The SMILES string of the molecule is Cl.N=C(N)NN=CC(C1CC1)C1CC1. The molecule has 0 aromatic rings. The fourth-order valence-corrected chi connectivity index (χ4v) is 1.78. The molecule has 4 N–H and O–H groups in total. The van der Waals surface area contributed by atoms with Crippen molar-refractivity contribution in [2.24, 2.45) is 28.6 Å². The molecule has 0 amide bonds. The van der Waals surface area contributed by atoms with E-state index in [9.17, 15) is 0 Å². The Hall–Kier alpha value is -0.770. The molecule has 2 fully saturated rings. The number of hydrogen-bond acceptors (Lipinski definition) is 2. The van der Waals surface area contributed by atoms with Crippen LogP contribution in [0.1, 0.15) is 25.7 Å². The van der Waals surface area contributed by atoms with Crippen molar-refractivity contribution in [2.75, 3.05) is 0 Å². The molecule has 0 unspecified atom stereocenters. The third-order valence-electron chi connectivity index (χ3n) is 2.76. The highest BCUT2D eigenvalue weighted by molar-refractivity contribution is 5.85. The van der Waals surface area contributed by atoms with E-state index in [0.717, 1.165) is 11.8 Å². The van der Waals surface area contributed by atoms with Gasteiger partial charge in [-0.2, -0.15) is 5.10 Å². The zero-order chi connectivity index (χ0) is 9.26. The van der Waals surface area contributed by atoms with Crippen molar-refractivity contribution in [3.8, 4) is 0 Å². The summed E-state index contributed by atoms with van der Waals surface area (Å²) in [6.07, 6.45) is 7.37. The van der Waals surface area contributed by atoms with Crippen LogP contribution in [-0.2, 0) is 0 Å². The largest absolute Gasteiger partial charge is 0.369 e. The van der Waals surface area contributed by atoms with Crippen molar-refractivity contribution in [1.82, 2.24) is 5.43 Å². The van der Waals surface area contributed by atoms with Gasteiger partial charge in [-0.25, -0.2) is 5.43 Å².